The molecule has 6 heteroatoms. The number of fused-ring (bicyclic) bond motifs is 1. The van der Waals surface area contributed by atoms with Crippen molar-refractivity contribution >= 4 is 34.7 Å². The molecule has 1 aromatic heterocycles. The topological polar surface area (TPSA) is 46.6 Å². The standard InChI is InChI=1S/C16H16ClNO2S.C6H12O/c1-20-16(19)15(12-4-2-3-5-13(12)17)18-8-6-14-11(10-18)7-9-21-14;1-5(2)4-6(3)7/h2-5,7,9,15H,6,8,10H2,1H3;5H,4H2,1-3H3/t15-;/m0./s1. The Morgan fingerprint density at radius 3 is 2.54 bits per heavy atom. The van der Waals surface area contributed by atoms with Crippen molar-refractivity contribution in [3.8, 4) is 0 Å². The van der Waals surface area contributed by atoms with E-state index in [2.05, 4.69) is 16.3 Å². The number of ketones is 1. The number of carbonyl (C=O) groups is 2. The van der Waals surface area contributed by atoms with Gasteiger partial charge in [0.2, 0.25) is 0 Å². The molecule has 0 bridgehead atoms. The molecule has 0 amide bonds. The van der Waals surface area contributed by atoms with Gasteiger partial charge in [0.15, 0.2) is 0 Å². The second-order valence-corrected chi connectivity index (χ2v) is 8.74. The molecule has 0 N–H and O–H groups in total. The van der Waals surface area contributed by atoms with E-state index in [1.54, 1.807) is 18.3 Å². The van der Waals surface area contributed by atoms with Crippen LogP contribution in [-0.2, 0) is 27.3 Å². The van der Waals surface area contributed by atoms with Crippen molar-refractivity contribution in [2.75, 3.05) is 13.7 Å². The second-order valence-electron chi connectivity index (χ2n) is 7.34. The Balaban J connectivity index is 0.000000345. The van der Waals surface area contributed by atoms with E-state index in [1.807, 2.05) is 38.1 Å². The first kappa shape index (κ1) is 22.6. The Hall–Kier alpha value is -1.69. The van der Waals surface area contributed by atoms with Crippen molar-refractivity contribution in [2.45, 2.75) is 46.2 Å². The van der Waals surface area contributed by atoms with Crippen molar-refractivity contribution in [3.05, 3.63) is 56.7 Å². The number of hydrogen-bond acceptors (Lipinski definition) is 5. The molecule has 0 aliphatic carbocycles. The Morgan fingerprint density at radius 2 is 1.96 bits per heavy atom. The maximum absolute atomic E-state index is 12.3. The highest BCUT2D eigenvalue weighted by Crippen LogP contribution is 2.33. The quantitative estimate of drug-likeness (QED) is 0.615. The summed E-state index contributed by atoms with van der Waals surface area (Å²) >= 11 is 8.07. The van der Waals surface area contributed by atoms with Gasteiger partial charge >= 0.3 is 5.97 Å². The molecule has 0 fully saturated rings. The van der Waals surface area contributed by atoms with Crippen LogP contribution in [-0.4, -0.2) is 30.3 Å². The number of thiophene rings is 1. The van der Waals surface area contributed by atoms with Crippen LogP contribution in [0.2, 0.25) is 5.02 Å². The average Bonchev–Trinajstić information content (AvgIpc) is 3.10. The SMILES string of the molecule is CC(=O)CC(C)C.COC(=O)[C@H](c1ccccc1Cl)N1CCc2sccc2C1. The number of hydrogen-bond donors (Lipinski definition) is 0. The minimum absolute atomic E-state index is 0.262. The number of nitrogens with zero attached hydrogens (tertiary/aromatic N) is 1. The maximum Gasteiger partial charge on any atom is 0.327 e. The number of carbonyl (C=O) groups excluding carboxylic acids is 2. The number of halogens is 1. The molecule has 4 nitrogen and oxygen atoms in total. The van der Waals surface area contributed by atoms with Gasteiger partial charge in [0.25, 0.3) is 0 Å². The molecule has 152 valence electrons. The molecular weight excluding hydrogens is 394 g/mol. The first-order chi connectivity index (χ1) is 13.3. The number of ether oxygens (including phenoxy) is 1. The van der Waals surface area contributed by atoms with E-state index in [4.69, 9.17) is 16.3 Å². The van der Waals surface area contributed by atoms with Crippen molar-refractivity contribution in [3.63, 3.8) is 0 Å². The van der Waals surface area contributed by atoms with E-state index in [0.717, 1.165) is 31.5 Å². The zero-order valence-electron chi connectivity index (χ0n) is 16.9. The smallest absolute Gasteiger partial charge is 0.327 e. The molecule has 1 aliphatic rings. The van der Waals surface area contributed by atoms with Crippen molar-refractivity contribution in [1.82, 2.24) is 4.90 Å². The van der Waals surface area contributed by atoms with E-state index in [-0.39, 0.29) is 11.8 Å². The highest BCUT2D eigenvalue weighted by molar-refractivity contribution is 7.10. The van der Waals surface area contributed by atoms with Crippen LogP contribution >= 0.6 is 22.9 Å². The monoisotopic (exact) mass is 421 g/mol. The average molecular weight is 422 g/mol. The third kappa shape index (κ3) is 6.16. The number of esters is 1. The number of Topliss-reactive ketones (excluding diaryl/α,β-unsaturated/α-hetero) is 1. The Morgan fingerprint density at radius 1 is 1.25 bits per heavy atom. The van der Waals surface area contributed by atoms with Gasteiger partial charge in [-0.25, -0.2) is 4.79 Å². The summed E-state index contributed by atoms with van der Waals surface area (Å²) in [5.74, 6) is 0.550. The van der Waals surface area contributed by atoms with Crippen LogP contribution < -0.4 is 0 Å². The van der Waals surface area contributed by atoms with Gasteiger partial charge in [-0.2, -0.15) is 0 Å². The summed E-state index contributed by atoms with van der Waals surface area (Å²) in [5.41, 5.74) is 2.11. The maximum atomic E-state index is 12.3. The van der Waals surface area contributed by atoms with Crippen LogP contribution in [0.15, 0.2) is 35.7 Å². The predicted octanol–water partition coefficient (Wildman–Crippen LogP) is 5.30. The summed E-state index contributed by atoms with van der Waals surface area (Å²) in [5, 5.41) is 2.71. The van der Waals surface area contributed by atoms with Crippen LogP contribution in [0.4, 0.5) is 0 Å². The number of benzene rings is 1. The first-order valence-corrected chi connectivity index (χ1v) is 10.7. The molecule has 28 heavy (non-hydrogen) atoms. The molecule has 0 radical (unpaired) electrons. The van der Waals surface area contributed by atoms with Gasteiger partial charge in [0, 0.05) is 29.4 Å². The zero-order valence-corrected chi connectivity index (χ0v) is 18.5. The molecule has 3 rings (SSSR count). The molecule has 0 saturated heterocycles. The Labute approximate surface area is 176 Å². The largest absolute Gasteiger partial charge is 0.468 e. The van der Waals surface area contributed by atoms with Crippen molar-refractivity contribution in [2.24, 2.45) is 5.92 Å². The van der Waals surface area contributed by atoms with Crippen molar-refractivity contribution in [1.29, 1.82) is 0 Å². The molecule has 2 aromatic rings. The molecule has 0 spiro atoms. The highest BCUT2D eigenvalue weighted by atomic mass is 35.5. The van der Waals surface area contributed by atoms with Gasteiger partial charge in [-0.15, -0.1) is 11.3 Å². The molecular formula is C22H28ClNO3S. The summed E-state index contributed by atoms with van der Waals surface area (Å²) < 4.78 is 5.01. The third-order valence-corrected chi connectivity index (χ3v) is 5.89. The van der Waals surface area contributed by atoms with Gasteiger partial charge in [0.05, 0.1) is 7.11 Å². The molecule has 0 saturated carbocycles. The summed E-state index contributed by atoms with van der Waals surface area (Å²) in [7, 11) is 1.42. The summed E-state index contributed by atoms with van der Waals surface area (Å²) in [6.07, 6.45) is 1.69. The molecule has 1 atom stereocenters. The molecule has 2 heterocycles. The predicted molar refractivity (Wildman–Crippen MR) is 115 cm³/mol. The van der Waals surface area contributed by atoms with E-state index in [9.17, 15) is 9.59 Å². The van der Waals surface area contributed by atoms with E-state index < -0.39 is 6.04 Å². The van der Waals surface area contributed by atoms with Crippen molar-refractivity contribution < 1.29 is 14.3 Å². The van der Waals surface area contributed by atoms with Crippen LogP contribution in [0, 0.1) is 5.92 Å². The molecule has 0 unspecified atom stereocenters. The van der Waals surface area contributed by atoms with Crippen LogP contribution in [0.25, 0.3) is 0 Å². The summed E-state index contributed by atoms with van der Waals surface area (Å²) in [4.78, 5) is 26.1. The zero-order chi connectivity index (χ0) is 20.7. The lowest BCUT2D eigenvalue weighted by Gasteiger charge is -2.33. The third-order valence-electron chi connectivity index (χ3n) is 4.52. The van der Waals surface area contributed by atoms with Crippen LogP contribution in [0.3, 0.4) is 0 Å². The minimum atomic E-state index is -0.447. The lowest BCUT2D eigenvalue weighted by atomic mass is 10.0. The van der Waals surface area contributed by atoms with Gasteiger partial charge < -0.3 is 9.53 Å². The normalized spacial score (nSPS) is 14.6. The van der Waals surface area contributed by atoms with E-state index in [0.29, 0.717) is 10.9 Å². The second kappa shape index (κ2) is 10.7. The summed E-state index contributed by atoms with van der Waals surface area (Å²) in [6.45, 7) is 7.30. The van der Waals surface area contributed by atoms with Gasteiger partial charge in [-0.3, -0.25) is 4.90 Å². The minimum Gasteiger partial charge on any atom is -0.468 e. The molecule has 1 aliphatic heterocycles. The van der Waals surface area contributed by atoms with Gasteiger partial charge in [-0.1, -0.05) is 43.6 Å². The Kier molecular flexibility index (Phi) is 8.67. The fraction of sp³-hybridized carbons (Fsp3) is 0.455. The van der Waals surface area contributed by atoms with Crippen LogP contribution in [0.5, 0.6) is 0 Å². The summed E-state index contributed by atoms with van der Waals surface area (Å²) in [6, 6.07) is 9.16. The van der Waals surface area contributed by atoms with Crippen LogP contribution in [0.1, 0.15) is 49.2 Å². The number of methoxy groups -OCH3 is 1. The Bertz CT molecular complexity index is 803. The van der Waals surface area contributed by atoms with E-state index >= 15 is 0 Å². The fourth-order valence-electron chi connectivity index (χ4n) is 3.35. The lowest BCUT2D eigenvalue weighted by molar-refractivity contribution is -0.147. The molecule has 1 aromatic carbocycles. The van der Waals surface area contributed by atoms with Gasteiger partial charge in [-0.05, 0) is 47.9 Å². The first-order valence-electron chi connectivity index (χ1n) is 9.44. The lowest BCUT2D eigenvalue weighted by Crippen LogP contribution is -2.38. The fourth-order valence-corrected chi connectivity index (χ4v) is 4.48. The van der Waals surface area contributed by atoms with Gasteiger partial charge in [0.1, 0.15) is 11.8 Å². The number of rotatable bonds is 5. The highest BCUT2D eigenvalue weighted by Gasteiger charge is 2.32. The van der Waals surface area contributed by atoms with E-state index in [1.165, 1.54) is 17.6 Å².